The van der Waals surface area contributed by atoms with Gasteiger partial charge in [-0.3, -0.25) is 9.97 Å². The van der Waals surface area contributed by atoms with Crippen LogP contribution < -0.4 is 15.5 Å². The molecule has 184 valence electrons. The Labute approximate surface area is 213 Å². The predicted molar refractivity (Wildman–Crippen MR) is 141 cm³/mol. The van der Waals surface area contributed by atoms with E-state index in [1.165, 1.54) is 6.42 Å². The fourth-order valence-corrected chi connectivity index (χ4v) is 6.56. The number of nitrogens with one attached hydrogen (secondary N) is 2. The second kappa shape index (κ2) is 9.02. The molecule has 0 aromatic carbocycles. The molecule has 0 saturated carbocycles. The number of hydrogen-bond donors (Lipinski definition) is 2. The summed E-state index contributed by atoms with van der Waals surface area (Å²) >= 11 is 1.61. The van der Waals surface area contributed by atoms with Gasteiger partial charge < -0.3 is 20.3 Å². The maximum atomic E-state index is 5.61. The summed E-state index contributed by atoms with van der Waals surface area (Å²) in [6.07, 6.45) is 8.68. The van der Waals surface area contributed by atoms with Gasteiger partial charge in [0.15, 0.2) is 11.6 Å². The Morgan fingerprint density at radius 3 is 2.83 bits per heavy atom. The number of ether oxygens (including phenoxy) is 1. The van der Waals surface area contributed by atoms with Gasteiger partial charge in [-0.1, -0.05) is 6.07 Å². The van der Waals surface area contributed by atoms with E-state index in [0.29, 0.717) is 29.6 Å². The van der Waals surface area contributed by atoms with Crippen LogP contribution >= 0.6 is 11.3 Å². The van der Waals surface area contributed by atoms with Crippen LogP contribution in [0.15, 0.2) is 36.8 Å². The topological polar surface area (TPSA) is 101 Å². The number of anilines is 3. The summed E-state index contributed by atoms with van der Waals surface area (Å²) in [6, 6.07) is 7.01. The summed E-state index contributed by atoms with van der Waals surface area (Å²) < 4.78 is 6.64. The van der Waals surface area contributed by atoms with E-state index in [-0.39, 0.29) is 0 Å². The molecule has 0 radical (unpaired) electrons. The molecular weight excluding hydrogens is 472 g/mol. The fourth-order valence-electron chi connectivity index (χ4n) is 5.58. The molecule has 3 fully saturated rings. The fraction of sp³-hybridized carbons (Fsp3) is 0.423. The van der Waals surface area contributed by atoms with E-state index in [1.807, 2.05) is 30.7 Å². The minimum Gasteiger partial charge on any atom is -0.381 e. The van der Waals surface area contributed by atoms with Crippen molar-refractivity contribution < 1.29 is 4.74 Å². The third-order valence-electron chi connectivity index (χ3n) is 7.46. The summed E-state index contributed by atoms with van der Waals surface area (Å²) in [5.74, 6) is 2.82. The van der Waals surface area contributed by atoms with Gasteiger partial charge in [-0.05, 0) is 37.8 Å². The molecule has 0 amide bonds. The van der Waals surface area contributed by atoms with Crippen LogP contribution in [0.3, 0.4) is 0 Å². The summed E-state index contributed by atoms with van der Waals surface area (Å²) in [5, 5.41) is 7.89. The van der Waals surface area contributed by atoms with Crippen LogP contribution in [-0.2, 0) is 4.74 Å². The summed E-state index contributed by atoms with van der Waals surface area (Å²) in [6.45, 7) is 5.63. The quantitative estimate of drug-likeness (QED) is 0.420. The van der Waals surface area contributed by atoms with Crippen molar-refractivity contribution >= 4 is 39.0 Å². The Kier molecular flexibility index (Phi) is 5.52. The second-order valence-corrected chi connectivity index (χ2v) is 10.9. The number of aryl methyl sites for hydroxylation is 1. The van der Waals surface area contributed by atoms with E-state index in [1.54, 1.807) is 11.3 Å². The third-order valence-corrected chi connectivity index (χ3v) is 8.47. The van der Waals surface area contributed by atoms with E-state index in [0.717, 1.165) is 77.1 Å². The first kappa shape index (κ1) is 22.0. The number of hydrogen-bond acceptors (Lipinski definition) is 10. The Bertz CT molecular complexity index is 1420. The molecule has 2 N–H and O–H groups in total. The molecule has 7 heterocycles. The standard InChI is InChI=1S/C26H28N8OS/c1-15-3-2-6-27-23(15)26-31-19-10-21(29-12-20(19)36-26)32-22-13-30-24(16-4-7-35-8-5-16)25(33-22)34-14-17-9-18(34)11-28-17/h2-3,6,10,12-13,16-18,28H,4-5,7-9,11,14H2,1H3,(H,29,32,33)/t17-,18-/m0/s1. The highest BCUT2D eigenvalue weighted by atomic mass is 32.1. The smallest absolute Gasteiger partial charge is 0.153 e. The Balaban J connectivity index is 1.20. The molecule has 0 spiro atoms. The lowest BCUT2D eigenvalue weighted by Crippen LogP contribution is -2.44. The van der Waals surface area contributed by atoms with Gasteiger partial charge in [0.2, 0.25) is 0 Å². The van der Waals surface area contributed by atoms with Crippen molar-refractivity contribution in [2.45, 2.75) is 44.2 Å². The first-order valence-corrected chi connectivity index (χ1v) is 13.4. The summed E-state index contributed by atoms with van der Waals surface area (Å²) in [4.78, 5) is 26.5. The van der Waals surface area contributed by atoms with Crippen LogP contribution in [0.1, 0.15) is 36.4 Å². The monoisotopic (exact) mass is 500 g/mol. The zero-order valence-electron chi connectivity index (χ0n) is 20.1. The highest BCUT2D eigenvalue weighted by molar-refractivity contribution is 7.21. The molecule has 3 aliphatic heterocycles. The van der Waals surface area contributed by atoms with Crippen molar-refractivity contribution in [3.63, 3.8) is 0 Å². The van der Waals surface area contributed by atoms with E-state index >= 15 is 0 Å². The average molecular weight is 501 g/mol. The highest BCUT2D eigenvalue weighted by Gasteiger charge is 2.40. The Morgan fingerprint density at radius 1 is 1.11 bits per heavy atom. The highest BCUT2D eigenvalue weighted by Crippen LogP contribution is 2.37. The molecular formula is C26H28N8OS. The molecule has 2 bridgehead atoms. The van der Waals surface area contributed by atoms with Crippen molar-refractivity contribution in [1.82, 2.24) is 30.2 Å². The van der Waals surface area contributed by atoms with Crippen molar-refractivity contribution in [2.75, 3.05) is 36.5 Å². The van der Waals surface area contributed by atoms with Crippen LogP contribution in [0.25, 0.3) is 20.9 Å². The van der Waals surface area contributed by atoms with Crippen molar-refractivity contribution in [3.8, 4) is 10.7 Å². The maximum absolute atomic E-state index is 5.61. The number of nitrogens with zero attached hydrogens (tertiary/aromatic N) is 6. The molecule has 3 aliphatic rings. The predicted octanol–water partition coefficient (Wildman–Crippen LogP) is 4.04. The minimum atomic E-state index is 0.389. The molecule has 7 rings (SSSR count). The molecule has 2 atom stereocenters. The van der Waals surface area contributed by atoms with E-state index in [4.69, 9.17) is 19.7 Å². The summed E-state index contributed by atoms with van der Waals surface area (Å²) in [7, 11) is 0. The van der Waals surface area contributed by atoms with Gasteiger partial charge in [0.05, 0.1) is 22.1 Å². The van der Waals surface area contributed by atoms with Crippen molar-refractivity contribution in [2.24, 2.45) is 0 Å². The van der Waals surface area contributed by atoms with Crippen LogP contribution in [0, 0.1) is 6.92 Å². The van der Waals surface area contributed by atoms with Crippen LogP contribution in [-0.4, -0.2) is 63.3 Å². The molecule has 10 heteroatoms. The molecule has 4 aromatic heterocycles. The normalized spacial score (nSPS) is 22.0. The lowest BCUT2D eigenvalue weighted by molar-refractivity contribution is 0.0845. The van der Waals surface area contributed by atoms with Gasteiger partial charge in [-0.25, -0.2) is 15.0 Å². The van der Waals surface area contributed by atoms with E-state index in [9.17, 15) is 0 Å². The van der Waals surface area contributed by atoms with E-state index in [2.05, 4.69) is 38.5 Å². The lowest BCUT2D eigenvalue weighted by Gasteiger charge is -2.32. The van der Waals surface area contributed by atoms with Crippen LogP contribution in [0.5, 0.6) is 0 Å². The molecule has 4 aromatic rings. The molecule has 9 nitrogen and oxygen atoms in total. The van der Waals surface area contributed by atoms with Gasteiger partial charge in [0.25, 0.3) is 0 Å². The molecule has 0 unspecified atom stereocenters. The molecule has 0 aliphatic carbocycles. The van der Waals surface area contributed by atoms with Crippen LogP contribution in [0.4, 0.5) is 17.5 Å². The van der Waals surface area contributed by atoms with Gasteiger partial charge >= 0.3 is 0 Å². The number of pyridine rings is 2. The van der Waals surface area contributed by atoms with E-state index < -0.39 is 0 Å². The number of rotatable bonds is 5. The number of fused-ring (bicyclic) bond motifs is 3. The Hall–Kier alpha value is -3.21. The number of piperazine rings is 1. The summed E-state index contributed by atoms with van der Waals surface area (Å²) in [5.41, 5.74) is 4.03. The number of thiazole rings is 1. The number of aromatic nitrogens is 5. The largest absolute Gasteiger partial charge is 0.381 e. The van der Waals surface area contributed by atoms with Gasteiger partial charge in [-0.15, -0.1) is 11.3 Å². The first-order valence-electron chi connectivity index (χ1n) is 12.6. The maximum Gasteiger partial charge on any atom is 0.153 e. The lowest BCUT2D eigenvalue weighted by atomic mass is 9.95. The molecule has 3 saturated heterocycles. The zero-order chi connectivity index (χ0) is 24.1. The third kappa shape index (κ3) is 3.99. The second-order valence-electron chi connectivity index (χ2n) is 9.85. The van der Waals surface area contributed by atoms with Crippen LogP contribution in [0.2, 0.25) is 0 Å². The van der Waals surface area contributed by atoms with Crippen molar-refractivity contribution in [1.29, 1.82) is 0 Å². The van der Waals surface area contributed by atoms with Gasteiger partial charge in [0.1, 0.15) is 16.5 Å². The Morgan fingerprint density at radius 2 is 2.03 bits per heavy atom. The van der Waals surface area contributed by atoms with Gasteiger partial charge in [-0.2, -0.15) is 0 Å². The minimum absolute atomic E-state index is 0.389. The SMILES string of the molecule is Cc1cccnc1-c1nc2cc(Nc3cnc(C4CCOCC4)c(N4C[C@@H]5C[C@H]4CN5)n3)ncc2s1. The molecule has 36 heavy (non-hydrogen) atoms. The van der Waals surface area contributed by atoms with Gasteiger partial charge in [0, 0.05) is 62.8 Å². The zero-order valence-corrected chi connectivity index (χ0v) is 21.0. The average Bonchev–Trinajstić information content (AvgIpc) is 3.65. The first-order chi connectivity index (χ1) is 17.7. The van der Waals surface area contributed by atoms with Crippen molar-refractivity contribution in [3.05, 3.63) is 48.0 Å².